The molecule has 0 bridgehead atoms. The van der Waals surface area contributed by atoms with Crippen LogP contribution in [0.1, 0.15) is 41.5 Å². The van der Waals surface area contributed by atoms with Gasteiger partial charge in [0.05, 0.1) is 11.7 Å². The fraction of sp³-hybridized carbons (Fsp3) is 0.389. The third-order valence-corrected chi connectivity index (χ3v) is 4.90. The highest BCUT2D eigenvalue weighted by Gasteiger charge is 2.27. The van der Waals surface area contributed by atoms with Crippen LogP contribution in [-0.4, -0.2) is 36.0 Å². The van der Waals surface area contributed by atoms with Gasteiger partial charge in [-0.25, -0.2) is 4.68 Å². The summed E-state index contributed by atoms with van der Waals surface area (Å²) in [4.78, 5) is 7.11. The third kappa shape index (κ3) is 2.63. The van der Waals surface area contributed by atoms with E-state index in [1.54, 1.807) is 12.7 Å². The Bertz CT molecular complexity index is 806. The van der Waals surface area contributed by atoms with Crippen molar-refractivity contribution in [3.63, 3.8) is 0 Å². The standard InChI is InChI=1S/C18H22N6/c1-14-10-16(15(2)24(14)23-12-20-21-13-23)11-22-9-5-7-18(22)17-6-3-4-8-19-17/h3-4,6,8,10,12-13,18H,5,7,9,11H2,1-2H3/t18-/m0/s1. The van der Waals surface area contributed by atoms with Crippen LogP contribution in [0.3, 0.4) is 0 Å². The van der Waals surface area contributed by atoms with Gasteiger partial charge in [-0.05, 0) is 57.0 Å². The first-order valence-electron chi connectivity index (χ1n) is 8.42. The summed E-state index contributed by atoms with van der Waals surface area (Å²) in [5.74, 6) is 0. The Morgan fingerprint density at radius 3 is 2.75 bits per heavy atom. The highest BCUT2D eigenvalue weighted by atomic mass is 15.5. The molecule has 3 aromatic heterocycles. The minimum atomic E-state index is 0.421. The molecule has 6 nitrogen and oxygen atoms in total. The number of likely N-dealkylation sites (tertiary alicyclic amines) is 1. The van der Waals surface area contributed by atoms with E-state index in [0.29, 0.717) is 6.04 Å². The molecule has 0 aliphatic carbocycles. The van der Waals surface area contributed by atoms with Gasteiger partial charge in [0.2, 0.25) is 0 Å². The Morgan fingerprint density at radius 2 is 2.00 bits per heavy atom. The Morgan fingerprint density at radius 1 is 1.17 bits per heavy atom. The van der Waals surface area contributed by atoms with Crippen LogP contribution in [0.25, 0.3) is 0 Å². The number of nitrogens with zero attached hydrogens (tertiary/aromatic N) is 6. The smallest absolute Gasteiger partial charge is 0.139 e. The van der Waals surface area contributed by atoms with Crippen molar-refractivity contribution < 1.29 is 0 Å². The van der Waals surface area contributed by atoms with E-state index in [0.717, 1.165) is 13.1 Å². The Labute approximate surface area is 141 Å². The molecule has 3 aromatic rings. The summed E-state index contributed by atoms with van der Waals surface area (Å²) in [7, 11) is 0. The molecule has 24 heavy (non-hydrogen) atoms. The summed E-state index contributed by atoms with van der Waals surface area (Å²) in [5.41, 5.74) is 4.96. The number of aryl methyl sites for hydroxylation is 1. The summed E-state index contributed by atoms with van der Waals surface area (Å²) in [5, 5.41) is 7.84. The van der Waals surface area contributed by atoms with Crippen molar-refractivity contribution in [1.82, 2.24) is 29.4 Å². The van der Waals surface area contributed by atoms with Gasteiger partial charge >= 0.3 is 0 Å². The third-order valence-electron chi connectivity index (χ3n) is 4.90. The van der Waals surface area contributed by atoms with Gasteiger partial charge in [0, 0.05) is 24.1 Å². The molecule has 0 N–H and O–H groups in total. The van der Waals surface area contributed by atoms with Crippen molar-refractivity contribution in [2.45, 2.75) is 39.3 Å². The number of hydrogen-bond donors (Lipinski definition) is 0. The van der Waals surface area contributed by atoms with Gasteiger partial charge < -0.3 is 0 Å². The minimum Gasteiger partial charge on any atom is -0.290 e. The fourth-order valence-corrected chi connectivity index (χ4v) is 3.77. The summed E-state index contributed by atoms with van der Waals surface area (Å²) >= 11 is 0. The summed E-state index contributed by atoms with van der Waals surface area (Å²) < 4.78 is 4.08. The molecule has 1 aliphatic heterocycles. The van der Waals surface area contributed by atoms with Crippen molar-refractivity contribution >= 4 is 0 Å². The van der Waals surface area contributed by atoms with Crippen LogP contribution in [0.5, 0.6) is 0 Å². The van der Waals surface area contributed by atoms with E-state index in [9.17, 15) is 0 Å². The molecule has 1 aliphatic rings. The van der Waals surface area contributed by atoms with E-state index in [-0.39, 0.29) is 0 Å². The number of aromatic nitrogens is 5. The maximum absolute atomic E-state index is 4.57. The van der Waals surface area contributed by atoms with Gasteiger partial charge in [-0.2, -0.15) is 0 Å². The zero-order valence-electron chi connectivity index (χ0n) is 14.1. The van der Waals surface area contributed by atoms with Gasteiger partial charge in [-0.3, -0.25) is 14.6 Å². The lowest BCUT2D eigenvalue weighted by atomic mass is 10.1. The highest BCUT2D eigenvalue weighted by molar-refractivity contribution is 5.27. The molecule has 0 spiro atoms. The Kier molecular flexibility index (Phi) is 3.90. The van der Waals surface area contributed by atoms with Crippen molar-refractivity contribution in [1.29, 1.82) is 0 Å². The van der Waals surface area contributed by atoms with Crippen LogP contribution in [-0.2, 0) is 6.54 Å². The monoisotopic (exact) mass is 322 g/mol. The SMILES string of the molecule is Cc1cc(CN2CCC[C@H]2c2ccccn2)c(C)n1-n1cnnc1. The first-order valence-corrected chi connectivity index (χ1v) is 8.42. The van der Waals surface area contributed by atoms with Gasteiger partial charge in [0.15, 0.2) is 0 Å². The quantitative estimate of drug-likeness (QED) is 0.741. The lowest BCUT2D eigenvalue weighted by Crippen LogP contribution is -2.23. The normalized spacial score (nSPS) is 18.3. The number of hydrogen-bond acceptors (Lipinski definition) is 4. The number of pyridine rings is 1. The van der Waals surface area contributed by atoms with Gasteiger partial charge in [-0.15, -0.1) is 10.2 Å². The van der Waals surface area contributed by atoms with E-state index in [4.69, 9.17) is 0 Å². The van der Waals surface area contributed by atoms with Crippen LogP contribution in [0.15, 0.2) is 43.1 Å². The molecule has 1 fully saturated rings. The summed E-state index contributed by atoms with van der Waals surface area (Å²) in [6, 6.07) is 8.89. The fourth-order valence-electron chi connectivity index (χ4n) is 3.77. The summed E-state index contributed by atoms with van der Waals surface area (Å²) in [6.07, 6.45) is 7.77. The minimum absolute atomic E-state index is 0.421. The topological polar surface area (TPSA) is 51.8 Å². The molecule has 0 radical (unpaired) electrons. The van der Waals surface area contributed by atoms with E-state index in [1.807, 2.05) is 16.9 Å². The van der Waals surface area contributed by atoms with Crippen LogP contribution in [0, 0.1) is 13.8 Å². The lowest BCUT2D eigenvalue weighted by molar-refractivity contribution is 0.244. The van der Waals surface area contributed by atoms with Crippen molar-refractivity contribution in [2.24, 2.45) is 0 Å². The van der Waals surface area contributed by atoms with E-state index < -0.39 is 0 Å². The predicted octanol–water partition coefficient (Wildman–Crippen LogP) is 2.74. The van der Waals surface area contributed by atoms with E-state index >= 15 is 0 Å². The van der Waals surface area contributed by atoms with E-state index in [1.165, 1.54) is 35.5 Å². The molecule has 4 rings (SSSR count). The molecule has 0 amide bonds. The molecule has 1 atom stereocenters. The average Bonchev–Trinajstić information content (AvgIpc) is 3.31. The predicted molar refractivity (Wildman–Crippen MR) is 91.3 cm³/mol. The van der Waals surface area contributed by atoms with Gasteiger partial charge in [0.25, 0.3) is 0 Å². The Hall–Kier alpha value is -2.47. The lowest BCUT2D eigenvalue weighted by Gasteiger charge is -2.24. The van der Waals surface area contributed by atoms with E-state index in [2.05, 4.69) is 56.8 Å². The van der Waals surface area contributed by atoms with Crippen LogP contribution in [0.4, 0.5) is 0 Å². The van der Waals surface area contributed by atoms with Crippen LogP contribution in [0.2, 0.25) is 0 Å². The first-order chi connectivity index (χ1) is 11.7. The molecular weight excluding hydrogens is 300 g/mol. The van der Waals surface area contributed by atoms with Gasteiger partial charge in [-0.1, -0.05) is 6.07 Å². The van der Waals surface area contributed by atoms with Crippen molar-refractivity contribution in [3.8, 4) is 0 Å². The molecule has 6 heteroatoms. The Balaban J connectivity index is 1.60. The van der Waals surface area contributed by atoms with Crippen molar-refractivity contribution in [2.75, 3.05) is 6.54 Å². The molecule has 1 saturated heterocycles. The zero-order valence-corrected chi connectivity index (χ0v) is 14.1. The second-order valence-corrected chi connectivity index (χ2v) is 6.43. The average molecular weight is 322 g/mol. The first kappa shape index (κ1) is 15.1. The second-order valence-electron chi connectivity index (χ2n) is 6.43. The van der Waals surface area contributed by atoms with Crippen LogP contribution < -0.4 is 0 Å². The van der Waals surface area contributed by atoms with Crippen molar-refractivity contribution in [3.05, 3.63) is 65.8 Å². The number of rotatable bonds is 4. The molecule has 0 saturated carbocycles. The molecule has 0 unspecified atom stereocenters. The molecule has 0 aromatic carbocycles. The molecule has 4 heterocycles. The second kappa shape index (κ2) is 6.20. The largest absolute Gasteiger partial charge is 0.290 e. The maximum atomic E-state index is 4.57. The molecule has 124 valence electrons. The zero-order chi connectivity index (χ0) is 16.5. The van der Waals surface area contributed by atoms with Gasteiger partial charge in [0.1, 0.15) is 12.7 Å². The maximum Gasteiger partial charge on any atom is 0.139 e. The summed E-state index contributed by atoms with van der Waals surface area (Å²) in [6.45, 7) is 6.35. The highest BCUT2D eigenvalue weighted by Crippen LogP contribution is 2.32. The van der Waals surface area contributed by atoms with Crippen LogP contribution >= 0.6 is 0 Å². The molecular formula is C18H22N6.